The third-order valence-corrected chi connectivity index (χ3v) is 7.35. The summed E-state index contributed by atoms with van der Waals surface area (Å²) in [6.45, 7) is 3.16. The van der Waals surface area contributed by atoms with Gasteiger partial charge in [0.2, 0.25) is 15.2 Å². The Hall–Kier alpha value is -2.30. The number of nitrogens with zero attached hydrogens (tertiary/aromatic N) is 6. The molecule has 0 unspecified atom stereocenters. The van der Waals surface area contributed by atoms with Crippen LogP contribution in [0.5, 0.6) is 0 Å². The van der Waals surface area contributed by atoms with Crippen molar-refractivity contribution in [3.8, 4) is 5.69 Å². The molecule has 1 aromatic carbocycles. The maximum Gasteiger partial charge on any atom is 0.244 e. The van der Waals surface area contributed by atoms with Gasteiger partial charge in [-0.15, -0.1) is 5.10 Å². The number of piperidine rings is 1. The van der Waals surface area contributed by atoms with Crippen LogP contribution in [-0.2, 0) is 10.0 Å². The highest BCUT2D eigenvalue weighted by Gasteiger charge is 2.26. The third-order valence-electron chi connectivity index (χ3n) is 4.58. The summed E-state index contributed by atoms with van der Waals surface area (Å²) in [5.41, 5.74) is 2.00. The number of aryl methyl sites for hydroxylation is 1. The van der Waals surface area contributed by atoms with Crippen LogP contribution < -0.4 is 0 Å². The minimum Gasteiger partial charge on any atom is -0.248 e. The molecule has 1 saturated heterocycles. The molecule has 0 amide bonds. The first kappa shape index (κ1) is 19.0. The molecular formula is C18H20N6O2S2. The molecule has 28 heavy (non-hydrogen) atoms. The van der Waals surface area contributed by atoms with Crippen LogP contribution in [0.3, 0.4) is 0 Å². The second-order valence-electron chi connectivity index (χ2n) is 6.61. The van der Waals surface area contributed by atoms with Gasteiger partial charge in [0.15, 0.2) is 0 Å². The predicted octanol–water partition coefficient (Wildman–Crippen LogP) is 2.69. The highest BCUT2D eigenvalue weighted by Crippen LogP contribution is 2.27. The molecule has 2 aromatic heterocycles. The maximum atomic E-state index is 12.7. The van der Waals surface area contributed by atoms with E-state index >= 15 is 0 Å². The molecule has 3 heterocycles. The van der Waals surface area contributed by atoms with Crippen LogP contribution in [0.1, 0.15) is 24.8 Å². The van der Waals surface area contributed by atoms with Gasteiger partial charge in [0.25, 0.3) is 0 Å². The Bertz CT molecular complexity index is 1040. The van der Waals surface area contributed by atoms with E-state index in [0.717, 1.165) is 30.5 Å². The van der Waals surface area contributed by atoms with Gasteiger partial charge in [0.1, 0.15) is 9.92 Å². The summed E-state index contributed by atoms with van der Waals surface area (Å²) in [5.74, 6) is 0. The number of pyridine rings is 1. The molecular weight excluding hydrogens is 396 g/mol. The molecule has 0 aliphatic carbocycles. The van der Waals surface area contributed by atoms with Crippen LogP contribution in [-0.4, -0.2) is 51.0 Å². The van der Waals surface area contributed by atoms with Crippen LogP contribution in [0.2, 0.25) is 0 Å². The fourth-order valence-corrected chi connectivity index (χ4v) is 5.22. The smallest absolute Gasteiger partial charge is 0.244 e. The highest BCUT2D eigenvalue weighted by atomic mass is 32.2. The number of aromatic nitrogens is 5. The second-order valence-corrected chi connectivity index (χ2v) is 9.53. The fraction of sp³-hybridized carbons (Fsp3) is 0.333. The van der Waals surface area contributed by atoms with Crippen molar-refractivity contribution in [3.63, 3.8) is 0 Å². The van der Waals surface area contributed by atoms with Gasteiger partial charge < -0.3 is 0 Å². The van der Waals surface area contributed by atoms with Crippen molar-refractivity contribution in [2.45, 2.75) is 41.3 Å². The molecule has 10 heteroatoms. The second kappa shape index (κ2) is 7.98. The Morgan fingerprint density at radius 2 is 1.75 bits per heavy atom. The summed E-state index contributed by atoms with van der Waals surface area (Å²) in [7, 11) is -3.48. The summed E-state index contributed by atoms with van der Waals surface area (Å²) in [4.78, 5) is 4.53. The molecule has 146 valence electrons. The number of tetrazole rings is 1. The molecule has 1 fully saturated rings. The average Bonchev–Trinajstić information content (AvgIpc) is 3.18. The lowest BCUT2D eigenvalue weighted by Gasteiger charge is -2.25. The molecule has 1 aliphatic heterocycles. The molecule has 0 bridgehead atoms. The minimum absolute atomic E-state index is 0.219. The lowest BCUT2D eigenvalue weighted by atomic mass is 10.2. The summed E-state index contributed by atoms with van der Waals surface area (Å²) in [6.07, 6.45) is 4.30. The number of sulfonamides is 1. The van der Waals surface area contributed by atoms with Crippen molar-refractivity contribution in [1.29, 1.82) is 0 Å². The van der Waals surface area contributed by atoms with Gasteiger partial charge >= 0.3 is 0 Å². The van der Waals surface area contributed by atoms with E-state index in [4.69, 9.17) is 0 Å². The quantitative estimate of drug-likeness (QED) is 0.631. The molecule has 0 atom stereocenters. The van der Waals surface area contributed by atoms with Crippen molar-refractivity contribution in [2.75, 3.05) is 13.1 Å². The van der Waals surface area contributed by atoms with Gasteiger partial charge in [-0.25, -0.2) is 13.4 Å². The Morgan fingerprint density at radius 3 is 2.43 bits per heavy atom. The van der Waals surface area contributed by atoms with Crippen molar-refractivity contribution < 1.29 is 8.42 Å². The summed E-state index contributed by atoms with van der Waals surface area (Å²) in [5, 5.41) is 13.0. The Kier molecular flexibility index (Phi) is 5.42. The maximum absolute atomic E-state index is 12.7. The van der Waals surface area contributed by atoms with Gasteiger partial charge in [-0.05, 0) is 66.2 Å². The zero-order chi connectivity index (χ0) is 19.6. The first-order valence-electron chi connectivity index (χ1n) is 9.03. The third kappa shape index (κ3) is 3.94. The van der Waals surface area contributed by atoms with Crippen molar-refractivity contribution >= 4 is 21.8 Å². The van der Waals surface area contributed by atoms with E-state index in [1.54, 1.807) is 16.8 Å². The highest BCUT2D eigenvalue weighted by molar-refractivity contribution is 7.99. The van der Waals surface area contributed by atoms with Crippen LogP contribution in [0, 0.1) is 6.92 Å². The van der Waals surface area contributed by atoms with Gasteiger partial charge in [-0.1, -0.05) is 24.1 Å². The Balaban J connectivity index is 1.53. The van der Waals surface area contributed by atoms with Gasteiger partial charge in [0.05, 0.1) is 5.69 Å². The topological polar surface area (TPSA) is 93.9 Å². The first-order chi connectivity index (χ1) is 13.5. The predicted molar refractivity (Wildman–Crippen MR) is 105 cm³/mol. The zero-order valence-electron chi connectivity index (χ0n) is 15.4. The SMILES string of the molecule is Cc1ccc(-n2nnnc2Sc2ccc(S(=O)(=O)N3CCCCC3)cn2)cc1. The summed E-state index contributed by atoms with van der Waals surface area (Å²) >= 11 is 1.28. The largest absolute Gasteiger partial charge is 0.248 e. The van der Waals surface area contributed by atoms with E-state index < -0.39 is 10.0 Å². The molecule has 3 aromatic rings. The molecule has 0 N–H and O–H groups in total. The molecule has 8 nitrogen and oxygen atoms in total. The average molecular weight is 417 g/mol. The van der Waals surface area contributed by atoms with Gasteiger partial charge in [0, 0.05) is 19.3 Å². The van der Waals surface area contributed by atoms with E-state index in [0.29, 0.717) is 23.3 Å². The number of hydrogen-bond donors (Lipinski definition) is 0. The Labute approximate surface area is 168 Å². The lowest BCUT2D eigenvalue weighted by molar-refractivity contribution is 0.346. The molecule has 0 radical (unpaired) electrons. The summed E-state index contributed by atoms with van der Waals surface area (Å²) in [6, 6.07) is 11.2. The van der Waals surface area contributed by atoms with Crippen LogP contribution in [0.4, 0.5) is 0 Å². The van der Waals surface area contributed by atoms with E-state index in [9.17, 15) is 8.42 Å². The zero-order valence-corrected chi connectivity index (χ0v) is 17.0. The van der Waals surface area contributed by atoms with Gasteiger partial charge in [-0.2, -0.15) is 8.99 Å². The molecule has 1 aliphatic rings. The molecule has 4 rings (SSSR count). The number of rotatable bonds is 5. The summed E-state index contributed by atoms with van der Waals surface area (Å²) < 4.78 is 28.6. The van der Waals surface area contributed by atoms with E-state index in [1.165, 1.54) is 22.3 Å². The molecule has 0 spiro atoms. The van der Waals surface area contributed by atoms with Crippen molar-refractivity contribution in [2.24, 2.45) is 0 Å². The van der Waals surface area contributed by atoms with Crippen molar-refractivity contribution in [3.05, 3.63) is 48.2 Å². The number of hydrogen-bond acceptors (Lipinski definition) is 7. The van der Waals surface area contributed by atoms with Crippen LogP contribution in [0.25, 0.3) is 5.69 Å². The minimum atomic E-state index is -3.48. The molecule has 0 saturated carbocycles. The van der Waals surface area contributed by atoms with E-state index in [-0.39, 0.29) is 4.90 Å². The normalized spacial score (nSPS) is 15.6. The lowest BCUT2D eigenvalue weighted by Crippen LogP contribution is -2.35. The Morgan fingerprint density at radius 1 is 1.00 bits per heavy atom. The first-order valence-corrected chi connectivity index (χ1v) is 11.3. The van der Waals surface area contributed by atoms with Crippen molar-refractivity contribution in [1.82, 2.24) is 29.5 Å². The van der Waals surface area contributed by atoms with Gasteiger partial charge in [-0.3, -0.25) is 0 Å². The monoisotopic (exact) mass is 416 g/mol. The van der Waals surface area contributed by atoms with Crippen LogP contribution in [0.15, 0.2) is 57.7 Å². The standard InChI is InChI=1S/C18H20N6O2S2/c1-14-5-7-15(8-6-14)24-18(20-21-22-24)27-17-10-9-16(13-19-17)28(25,26)23-11-3-2-4-12-23/h5-10,13H,2-4,11-12H2,1H3. The van der Waals surface area contributed by atoms with E-state index in [2.05, 4.69) is 20.5 Å². The van der Waals surface area contributed by atoms with Crippen LogP contribution >= 0.6 is 11.8 Å². The fourth-order valence-electron chi connectivity index (χ4n) is 3.02. The number of benzene rings is 1. The van der Waals surface area contributed by atoms with E-state index in [1.807, 2.05) is 31.2 Å².